The zero-order chi connectivity index (χ0) is 21.1. The van der Waals surface area contributed by atoms with Crippen LogP contribution >= 0.6 is 0 Å². The van der Waals surface area contributed by atoms with Gasteiger partial charge in [0.1, 0.15) is 0 Å². The Hall–Kier alpha value is -2.44. The van der Waals surface area contributed by atoms with Crippen molar-refractivity contribution < 1.29 is 13.2 Å². The lowest BCUT2D eigenvalue weighted by Gasteiger charge is -2.19. The molecule has 2 aliphatic carbocycles. The summed E-state index contributed by atoms with van der Waals surface area (Å²) in [5.41, 5.74) is 4.73. The average molecular weight is 425 g/mol. The Balaban J connectivity index is 1.35. The Morgan fingerprint density at radius 2 is 1.73 bits per heavy atom. The molecule has 2 N–H and O–H groups in total. The molecule has 2 aromatic carbocycles. The fourth-order valence-corrected chi connectivity index (χ4v) is 5.09. The van der Waals surface area contributed by atoms with E-state index in [9.17, 15) is 13.2 Å². The van der Waals surface area contributed by atoms with Gasteiger partial charge >= 0.3 is 0 Å². The van der Waals surface area contributed by atoms with Gasteiger partial charge in [0.25, 0.3) is 0 Å². The van der Waals surface area contributed by atoms with E-state index in [0.29, 0.717) is 0 Å². The van der Waals surface area contributed by atoms with E-state index >= 15 is 0 Å². The molecule has 6 heteroatoms. The highest BCUT2D eigenvalue weighted by atomic mass is 32.2. The maximum atomic E-state index is 12.3. The van der Waals surface area contributed by atoms with Crippen molar-refractivity contribution in [2.75, 3.05) is 0 Å². The fourth-order valence-electron chi connectivity index (χ4n) is 3.79. The van der Waals surface area contributed by atoms with Crippen molar-refractivity contribution in [1.29, 1.82) is 0 Å². The molecular weight excluding hydrogens is 396 g/mol. The minimum Gasteiger partial charge on any atom is -0.346 e. The molecule has 1 amide bonds. The van der Waals surface area contributed by atoms with E-state index in [1.54, 1.807) is 30.3 Å². The molecule has 4 rings (SSSR count). The van der Waals surface area contributed by atoms with Crippen LogP contribution in [0, 0.1) is 0 Å². The van der Waals surface area contributed by atoms with Gasteiger partial charge in [0.05, 0.1) is 10.9 Å². The number of aryl methyl sites for hydroxylation is 2. The predicted molar refractivity (Wildman–Crippen MR) is 118 cm³/mol. The molecule has 0 aliphatic heterocycles. The van der Waals surface area contributed by atoms with Crippen molar-refractivity contribution in [1.82, 2.24) is 10.0 Å². The minimum atomic E-state index is -3.45. The van der Waals surface area contributed by atoms with Gasteiger partial charge in [-0.25, -0.2) is 13.1 Å². The third-order valence-electron chi connectivity index (χ3n) is 5.75. The fraction of sp³-hybridized carbons (Fsp3) is 0.375. The van der Waals surface area contributed by atoms with E-state index in [1.165, 1.54) is 30.0 Å². The lowest BCUT2D eigenvalue weighted by atomic mass is 9.89. The van der Waals surface area contributed by atoms with E-state index in [-0.39, 0.29) is 22.9 Å². The van der Waals surface area contributed by atoms with Gasteiger partial charge in [-0.05, 0) is 85.9 Å². The third-order valence-corrected chi connectivity index (χ3v) is 7.28. The van der Waals surface area contributed by atoms with Crippen LogP contribution in [0.2, 0.25) is 0 Å². The van der Waals surface area contributed by atoms with Gasteiger partial charge in [-0.1, -0.05) is 30.3 Å². The molecule has 0 spiro atoms. The van der Waals surface area contributed by atoms with E-state index in [2.05, 4.69) is 28.2 Å². The molecule has 1 unspecified atom stereocenters. The first kappa shape index (κ1) is 20.8. The molecule has 1 fully saturated rings. The van der Waals surface area contributed by atoms with Crippen LogP contribution in [0.5, 0.6) is 0 Å². The number of fused-ring (bicyclic) bond motifs is 1. The van der Waals surface area contributed by atoms with Crippen molar-refractivity contribution in [3.63, 3.8) is 0 Å². The maximum Gasteiger partial charge on any atom is 0.244 e. The van der Waals surface area contributed by atoms with Crippen molar-refractivity contribution >= 4 is 22.0 Å². The smallest absolute Gasteiger partial charge is 0.244 e. The summed E-state index contributed by atoms with van der Waals surface area (Å²) in [4.78, 5) is 12.6. The van der Waals surface area contributed by atoms with Gasteiger partial charge in [0.2, 0.25) is 15.9 Å². The molecule has 0 heterocycles. The van der Waals surface area contributed by atoms with Crippen molar-refractivity contribution in [3.8, 4) is 0 Å². The number of sulfonamides is 1. The number of nitrogens with one attached hydrogen (secondary N) is 2. The van der Waals surface area contributed by atoms with Crippen molar-refractivity contribution in [2.45, 2.75) is 62.4 Å². The van der Waals surface area contributed by atoms with Crippen molar-refractivity contribution in [2.24, 2.45) is 0 Å². The summed E-state index contributed by atoms with van der Waals surface area (Å²) in [5.74, 6) is -0.174. The number of amides is 1. The first-order valence-corrected chi connectivity index (χ1v) is 12.1. The zero-order valence-electron chi connectivity index (χ0n) is 17.2. The topological polar surface area (TPSA) is 75.3 Å². The molecule has 2 aromatic rings. The molecular formula is C24H28N2O3S. The van der Waals surface area contributed by atoms with Gasteiger partial charge in [-0.15, -0.1) is 0 Å². The monoisotopic (exact) mass is 424 g/mol. The Labute approximate surface area is 178 Å². The van der Waals surface area contributed by atoms with Crippen molar-refractivity contribution in [3.05, 3.63) is 70.8 Å². The first-order chi connectivity index (χ1) is 14.4. The summed E-state index contributed by atoms with van der Waals surface area (Å²) < 4.78 is 27.1. The molecule has 158 valence electrons. The summed E-state index contributed by atoms with van der Waals surface area (Å²) in [7, 11) is -3.45. The van der Waals surface area contributed by atoms with Gasteiger partial charge in [0.15, 0.2) is 0 Å². The zero-order valence-corrected chi connectivity index (χ0v) is 18.0. The number of hydrogen-bond acceptors (Lipinski definition) is 3. The molecule has 2 aliphatic rings. The van der Waals surface area contributed by atoms with E-state index < -0.39 is 10.0 Å². The summed E-state index contributed by atoms with van der Waals surface area (Å²) in [5, 5.41) is 3.01. The number of carbonyl (C=O) groups is 1. The Bertz CT molecular complexity index is 1050. The number of hydrogen-bond donors (Lipinski definition) is 2. The number of rotatable bonds is 7. The first-order valence-electron chi connectivity index (χ1n) is 10.6. The minimum absolute atomic E-state index is 0.0737. The summed E-state index contributed by atoms with van der Waals surface area (Å²) in [6.45, 7) is 1.99. The highest BCUT2D eigenvalue weighted by Gasteiger charge is 2.27. The standard InChI is InChI=1S/C24H28N2O3S/c1-17(20-10-9-19-4-2-3-5-21(19)16-20)25-24(27)15-8-18-6-13-23(14-7-18)30(28,29)26-22-11-12-22/h6-10,13-17,22,26H,2-5,11-12H2,1H3,(H,25,27)/b15-8+. The molecule has 1 atom stereocenters. The van der Waals surface area contributed by atoms with Crippen LogP contribution in [0.3, 0.4) is 0 Å². The lowest BCUT2D eigenvalue weighted by molar-refractivity contribution is -0.117. The highest BCUT2D eigenvalue weighted by molar-refractivity contribution is 7.89. The molecule has 0 saturated heterocycles. The second-order valence-electron chi connectivity index (χ2n) is 8.26. The van der Waals surface area contributed by atoms with Crippen LogP contribution < -0.4 is 10.0 Å². The van der Waals surface area contributed by atoms with Crippen LogP contribution in [0.15, 0.2) is 53.4 Å². The largest absolute Gasteiger partial charge is 0.346 e. The Morgan fingerprint density at radius 1 is 1.03 bits per heavy atom. The molecule has 0 radical (unpaired) electrons. The number of benzene rings is 2. The molecule has 0 bridgehead atoms. The second kappa shape index (κ2) is 8.74. The van der Waals surface area contributed by atoms with Gasteiger partial charge in [-0.2, -0.15) is 0 Å². The summed E-state index contributed by atoms with van der Waals surface area (Å²) in [6, 6.07) is 13.1. The van der Waals surface area contributed by atoms with Gasteiger partial charge in [-0.3, -0.25) is 4.79 Å². The van der Waals surface area contributed by atoms with Gasteiger partial charge in [0, 0.05) is 12.1 Å². The Kier molecular flexibility index (Phi) is 6.06. The second-order valence-corrected chi connectivity index (χ2v) is 9.98. The van der Waals surface area contributed by atoms with E-state index in [4.69, 9.17) is 0 Å². The average Bonchev–Trinajstić information content (AvgIpc) is 3.55. The molecule has 30 heavy (non-hydrogen) atoms. The van der Waals surface area contributed by atoms with Crippen LogP contribution in [-0.4, -0.2) is 20.4 Å². The summed E-state index contributed by atoms with van der Waals surface area (Å²) >= 11 is 0. The normalized spacial score (nSPS) is 17.5. The maximum absolute atomic E-state index is 12.3. The van der Waals surface area contributed by atoms with E-state index in [0.717, 1.165) is 36.8 Å². The van der Waals surface area contributed by atoms with Crippen LogP contribution in [-0.2, 0) is 27.7 Å². The molecule has 1 saturated carbocycles. The Morgan fingerprint density at radius 3 is 2.43 bits per heavy atom. The van der Waals surface area contributed by atoms with Crippen LogP contribution in [0.25, 0.3) is 6.08 Å². The van der Waals surface area contributed by atoms with Crippen LogP contribution in [0.1, 0.15) is 60.9 Å². The van der Waals surface area contributed by atoms with E-state index in [1.807, 2.05) is 6.92 Å². The number of carbonyl (C=O) groups excluding carboxylic acids is 1. The molecule has 0 aromatic heterocycles. The third kappa shape index (κ3) is 5.18. The summed E-state index contributed by atoms with van der Waals surface area (Å²) in [6.07, 6.45) is 9.74. The van der Waals surface area contributed by atoms with Crippen LogP contribution in [0.4, 0.5) is 0 Å². The predicted octanol–water partition coefficient (Wildman–Crippen LogP) is 3.90. The molecule has 5 nitrogen and oxygen atoms in total. The quantitative estimate of drug-likeness (QED) is 0.662. The van der Waals surface area contributed by atoms with Gasteiger partial charge < -0.3 is 5.32 Å². The lowest BCUT2D eigenvalue weighted by Crippen LogP contribution is -2.25. The SMILES string of the molecule is CC(NC(=O)/C=C/c1ccc(S(=O)(=O)NC2CC2)cc1)c1ccc2c(c1)CCCC2. The highest BCUT2D eigenvalue weighted by Crippen LogP contribution is 2.25.